The van der Waals surface area contributed by atoms with Crippen LogP contribution in [0.2, 0.25) is 5.02 Å². The van der Waals surface area contributed by atoms with Crippen LogP contribution >= 0.6 is 35.6 Å². The number of halogens is 2. The molecule has 1 heterocycles. The van der Waals surface area contributed by atoms with Crippen LogP contribution < -0.4 is 10.6 Å². The number of aromatic nitrogens is 3. The Morgan fingerprint density at radius 1 is 1.31 bits per heavy atom. The zero-order chi connectivity index (χ0) is 18.1. The molecule has 0 aliphatic rings. The van der Waals surface area contributed by atoms with Crippen molar-refractivity contribution in [1.29, 1.82) is 0 Å². The lowest BCUT2D eigenvalue weighted by atomic mass is 10.2. The van der Waals surface area contributed by atoms with Gasteiger partial charge >= 0.3 is 0 Å². The third-order valence-corrected chi connectivity index (χ3v) is 3.95. The molecule has 0 aliphatic heterocycles. The molecule has 1 aromatic carbocycles. The Morgan fingerprint density at radius 2 is 2.08 bits per heavy atom. The maximum Gasteiger partial charge on any atom is 0.191 e. The van der Waals surface area contributed by atoms with Gasteiger partial charge in [-0.1, -0.05) is 48.9 Å². The lowest BCUT2D eigenvalue weighted by Gasteiger charge is -2.13. The first kappa shape index (κ1) is 22.4. The second-order valence-electron chi connectivity index (χ2n) is 5.79. The van der Waals surface area contributed by atoms with Gasteiger partial charge in [0.1, 0.15) is 12.2 Å². The second kappa shape index (κ2) is 11.9. The van der Waals surface area contributed by atoms with Crippen LogP contribution in [0.1, 0.15) is 25.2 Å². The third kappa shape index (κ3) is 7.33. The molecule has 26 heavy (non-hydrogen) atoms. The molecular formula is C18H26ClIN6. The maximum absolute atomic E-state index is 6.20. The summed E-state index contributed by atoms with van der Waals surface area (Å²) in [6.07, 6.45) is 2.61. The summed E-state index contributed by atoms with van der Waals surface area (Å²) in [7, 11) is 0. The predicted octanol–water partition coefficient (Wildman–Crippen LogP) is 3.42. The lowest BCUT2D eigenvalue weighted by molar-refractivity contribution is 0.633. The molecule has 2 N–H and O–H groups in total. The van der Waals surface area contributed by atoms with Crippen molar-refractivity contribution in [3.8, 4) is 0 Å². The number of aliphatic imine (C=N–C) groups is 1. The van der Waals surface area contributed by atoms with Crippen molar-refractivity contribution >= 4 is 41.5 Å². The van der Waals surface area contributed by atoms with Gasteiger partial charge in [-0.05, 0) is 18.6 Å². The van der Waals surface area contributed by atoms with E-state index in [1.165, 1.54) is 0 Å². The SMILES string of the molecule is C=C(C)CNC(=NCc1ccccc1Cl)NCCn1cnnc1CC.I. The summed E-state index contributed by atoms with van der Waals surface area (Å²) in [5.74, 6) is 1.71. The van der Waals surface area contributed by atoms with Crippen molar-refractivity contribution in [3.63, 3.8) is 0 Å². The van der Waals surface area contributed by atoms with E-state index in [0.29, 0.717) is 13.1 Å². The van der Waals surface area contributed by atoms with Gasteiger partial charge in [-0.2, -0.15) is 0 Å². The summed E-state index contributed by atoms with van der Waals surface area (Å²) < 4.78 is 2.04. The zero-order valence-corrected chi connectivity index (χ0v) is 18.3. The lowest BCUT2D eigenvalue weighted by Crippen LogP contribution is -2.39. The van der Waals surface area contributed by atoms with E-state index in [1.807, 2.05) is 35.8 Å². The molecule has 0 unspecified atom stereocenters. The van der Waals surface area contributed by atoms with Crippen LogP contribution in [0.4, 0.5) is 0 Å². The minimum Gasteiger partial charge on any atom is -0.355 e. The van der Waals surface area contributed by atoms with E-state index in [-0.39, 0.29) is 24.0 Å². The predicted molar refractivity (Wildman–Crippen MR) is 118 cm³/mol. The Kier molecular flexibility index (Phi) is 10.3. The average molecular weight is 489 g/mol. The third-order valence-electron chi connectivity index (χ3n) is 3.58. The largest absolute Gasteiger partial charge is 0.355 e. The monoisotopic (exact) mass is 488 g/mol. The van der Waals surface area contributed by atoms with Gasteiger partial charge in [0.05, 0.1) is 6.54 Å². The molecule has 142 valence electrons. The molecule has 0 radical (unpaired) electrons. The van der Waals surface area contributed by atoms with Gasteiger partial charge < -0.3 is 15.2 Å². The standard InChI is InChI=1S/C18H25ClN6.HI/c1-4-17-24-23-13-25(17)10-9-20-18(21-11-14(2)3)22-12-15-7-5-6-8-16(15)19;/h5-8,13H,2,4,9-12H2,1,3H3,(H2,20,21,22);1H. The van der Waals surface area contributed by atoms with E-state index in [1.54, 1.807) is 6.33 Å². The van der Waals surface area contributed by atoms with Crippen LogP contribution in [0.15, 0.2) is 47.7 Å². The van der Waals surface area contributed by atoms with Gasteiger partial charge in [0.15, 0.2) is 5.96 Å². The number of rotatable bonds is 8. The van der Waals surface area contributed by atoms with Crippen molar-refractivity contribution in [1.82, 2.24) is 25.4 Å². The van der Waals surface area contributed by atoms with Gasteiger partial charge in [0.2, 0.25) is 0 Å². The Bertz CT molecular complexity index is 728. The Hall–Kier alpha value is -1.61. The second-order valence-corrected chi connectivity index (χ2v) is 6.19. The molecule has 0 aliphatic carbocycles. The Labute approximate surface area is 177 Å². The smallest absolute Gasteiger partial charge is 0.191 e. The highest BCUT2D eigenvalue weighted by Crippen LogP contribution is 2.15. The number of aryl methyl sites for hydroxylation is 1. The number of benzene rings is 1. The number of hydrogen-bond acceptors (Lipinski definition) is 3. The van der Waals surface area contributed by atoms with Crippen LogP contribution in [0.25, 0.3) is 0 Å². The molecule has 0 saturated carbocycles. The topological polar surface area (TPSA) is 67.1 Å². The molecule has 0 saturated heterocycles. The summed E-state index contributed by atoms with van der Waals surface area (Å²) in [5, 5.41) is 15.4. The van der Waals surface area contributed by atoms with Crippen molar-refractivity contribution < 1.29 is 0 Å². The molecule has 2 rings (SSSR count). The molecule has 0 atom stereocenters. The van der Waals surface area contributed by atoms with E-state index >= 15 is 0 Å². The van der Waals surface area contributed by atoms with E-state index < -0.39 is 0 Å². The molecule has 8 heteroatoms. The first-order valence-corrected chi connectivity index (χ1v) is 8.74. The normalized spacial score (nSPS) is 11.0. The number of nitrogens with zero attached hydrogens (tertiary/aromatic N) is 4. The van der Waals surface area contributed by atoms with Crippen LogP contribution in [0, 0.1) is 0 Å². The van der Waals surface area contributed by atoms with Gasteiger partial charge in [0.25, 0.3) is 0 Å². The van der Waals surface area contributed by atoms with Crippen molar-refractivity contribution in [2.75, 3.05) is 13.1 Å². The quantitative estimate of drug-likeness (QED) is 0.259. The molecule has 1 aromatic heterocycles. The molecule has 0 spiro atoms. The Morgan fingerprint density at radius 3 is 2.77 bits per heavy atom. The highest BCUT2D eigenvalue weighted by Gasteiger charge is 2.04. The number of guanidine groups is 1. The summed E-state index contributed by atoms with van der Waals surface area (Å²) >= 11 is 6.20. The highest BCUT2D eigenvalue weighted by molar-refractivity contribution is 14.0. The van der Waals surface area contributed by atoms with Gasteiger partial charge in [-0.25, -0.2) is 4.99 Å². The van der Waals surface area contributed by atoms with Crippen LogP contribution in [0.5, 0.6) is 0 Å². The highest BCUT2D eigenvalue weighted by atomic mass is 127. The molecule has 2 aromatic rings. The summed E-state index contributed by atoms with van der Waals surface area (Å²) in [6.45, 7) is 10.6. The summed E-state index contributed by atoms with van der Waals surface area (Å²) in [6, 6.07) is 7.73. The van der Waals surface area contributed by atoms with Crippen LogP contribution in [-0.2, 0) is 19.5 Å². The van der Waals surface area contributed by atoms with E-state index in [0.717, 1.165) is 47.5 Å². The van der Waals surface area contributed by atoms with E-state index in [2.05, 4.69) is 39.3 Å². The van der Waals surface area contributed by atoms with Gasteiger partial charge in [-0.3, -0.25) is 0 Å². The molecule has 0 bridgehead atoms. The zero-order valence-electron chi connectivity index (χ0n) is 15.2. The van der Waals surface area contributed by atoms with E-state index in [4.69, 9.17) is 11.6 Å². The number of nitrogens with one attached hydrogen (secondary N) is 2. The fourth-order valence-corrected chi connectivity index (χ4v) is 2.43. The minimum absolute atomic E-state index is 0. The first-order valence-electron chi connectivity index (χ1n) is 8.36. The maximum atomic E-state index is 6.20. The Balaban J connectivity index is 0.00000338. The summed E-state index contributed by atoms with van der Waals surface area (Å²) in [4.78, 5) is 4.62. The van der Waals surface area contributed by atoms with Crippen molar-refractivity contribution in [2.24, 2.45) is 4.99 Å². The minimum atomic E-state index is 0. The van der Waals surface area contributed by atoms with Gasteiger partial charge in [0, 0.05) is 31.1 Å². The average Bonchev–Trinajstić information content (AvgIpc) is 3.05. The molecule has 6 nitrogen and oxygen atoms in total. The summed E-state index contributed by atoms with van der Waals surface area (Å²) in [5.41, 5.74) is 2.03. The van der Waals surface area contributed by atoms with Crippen molar-refractivity contribution in [3.05, 3.63) is 59.2 Å². The first-order chi connectivity index (χ1) is 12.1. The van der Waals surface area contributed by atoms with Crippen LogP contribution in [-0.4, -0.2) is 33.8 Å². The van der Waals surface area contributed by atoms with Crippen LogP contribution in [0.3, 0.4) is 0 Å². The molecule has 0 amide bonds. The fraction of sp³-hybridized carbons (Fsp3) is 0.389. The van der Waals surface area contributed by atoms with E-state index in [9.17, 15) is 0 Å². The fourth-order valence-electron chi connectivity index (χ4n) is 2.23. The molecule has 0 fully saturated rings. The van der Waals surface area contributed by atoms with Crippen molar-refractivity contribution in [2.45, 2.75) is 33.4 Å². The number of hydrogen-bond donors (Lipinski definition) is 2. The molecular weight excluding hydrogens is 463 g/mol. The van der Waals surface area contributed by atoms with Gasteiger partial charge in [-0.15, -0.1) is 34.2 Å².